The van der Waals surface area contributed by atoms with Gasteiger partial charge in [0.2, 0.25) is 0 Å². The highest BCUT2D eigenvalue weighted by molar-refractivity contribution is 9.10. The third-order valence-electron chi connectivity index (χ3n) is 2.15. The van der Waals surface area contributed by atoms with Gasteiger partial charge in [-0.1, -0.05) is 36.4 Å². The quantitative estimate of drug-likeness (QED) is 0.753. The first-order chi connectivity index (χ1) is 6.83. The lowest BCUT2D eigenvalue weighted by molar-refractivity contribution is 0.478. The highest BCUT2D eigenvalue weighted by atomic mass is 79.9. The van der Waals surface area contributed by atoms with Crippen LogP contribution in [-0.2, 0) is 0 Å². The van der Waals surface area contributed by atoms with Crippen LogP contribution in [0.3, 0.4) is 0 Å². The molecule has 0 aliphatic carbocycles. The summed E-state index contributed by atoms with van der Waals surface area (Å²) < 4.78 is 1.01. The van der Waals surface area contributed by atoms with Gasteiger partial charge in [-0.25, -0.2) is 0 Å². The van der Waals surface area contributed by atoms with Gasteiger partial charge >= 0.3 is 0 Å². The molecular formula is C12H9BrO. The van der Waals surface area contributed by atoms with Crippen molar-refractivity contribution in [3.63, 3.8) is 0 Å². The van der Waals surface area contributed by atoms with E-state index in [1.54, 1.807) is 6.08 Å². The van der Waals surface area contributed by atoms with Gasteiger partial charge in [0.1, 0.15) is 0 Å². The van der Waals surface area contributed by atoms with E-state index < -0.39 is 0 Å². The van der Waals surface area contributed by atoms with Crippen molar-refractivity contribution in [1.82, 2.24) is 0 Å². The molecule has 0 fully saturated rings. The molecule has 0 radical (unpaired) electrons. The lowest BCUT2D eigenvalue weighted by Crippen LogP contribution is -1.79. The molecular weight excluding hydrogens is 240 g/mol. The molecule has 0 heterocycles. The first-order valence-corrected chi connectivity index (χ1v) is 5.10. The smallest absolute Gasteiger partial charge is 0.0798 e. The van der Waals surface area contributed by atoms with Crippen LogP contribution in [0.25, 0.3) is 16.8 Å². The van der Waals surface area contributed by atoms with Crippen molar-refractivity contribution >= 4 is 32.8 Å². The van der Waals surface area contributed by atoms with Gasteiger partial charge in [-0.05, 0) is 38.3 Å². The molecule has 1 nitrogen and oxygen atoms in total. The predicted octanol–water partition coefficient (Wildman–Crippen LogP) is 4.13. The van der Waals surface area contributed by atoms with Crippen LogP contribution in [0.2, 0.25) is 0 Å². The van der Waals surface area contributed by atoms with E-state index in [0.717, 1.165) is 21.7 Å². The monoisotopic (exact) mass is 248 g/mol. The number of fused-ring (bicyclic) bond motifs is 1. The summed E-state index contributed by atoms with van der Waals surface area (Å²) in [5.41, 5.74) is 0.978. The van der Waals surface area contributed by atoms with Gasteiger partial charge in [-0.2, -0.15) is 0 Å². The molecule has 0 bridgehead atoms. The van der Waals surface area contributed by atoms with Crippen LogP contribution in [0.15, 0.2) is 47.1 Å². The average Bonchev–Trinajstić information content (AvgIpc) is 2.23. The normalized spacial score (nSPS) is 11.2. The van der Waals surface area contributed by atoms with Crippen molar-refractivity contribution in [3.8, 4) is 0 Å². The topological polar surface area (TPSA) is 20.2 Å². The second-order valence-corrected chi connectivity index (χ2v) is 3.80. The molecule has 0 saturated carbocycles. The van der Waals surface area contributed by atoms with Crippen molar-refractivity contribution in [3.05, 3.63) is 52.7 Å². The minimum absolute atomic E-state index is 0.978. The zero-order chi connectivity index (χ0) is 9.97. The van der Waals surface area contributed by atoms with E-state index in [9.17, 15) is 0 Å². The second kappa shape index (κ2) is 3.84. The largest absolute Gasteiger partial charge is 0.516 e. The van der Waals surface area contributed by atoms with E-state index in [1.165, 1.54) is 5.39 Å². The SMILES string of the molecule is OC=Cc1ccc2ccccc2c1Br. The van der Waals surface area contributed by atoms with E-state index in [2.05, 4.69) is 22.0 Å². The molecule has 0 spiro atoms. The Morgan fingerprint density at radius 1 is 1.07 bits per heavy atom. The lowest BCUT2D eigenvalue weighted by Gasteiger charge is -2.03. The fraction of sp³-hybridized carbons (Fsp3) is 0. The Hall–Kier alpha value is -1.28. The van der Waals surface area contributed by atoms with E-state index in [0.29, 0.717) is 0 Å². The summed E-state index contributed by atoms with van der Waals surface area (Å²) in [7, 11) is 0. The minimum Gasteiger partial charge on any atom is -0.516 e. The maximum absolute atomic E-state index is 8.71. The van der Waals surface area contributed by atoms with Crippen LogP contribution < -0.4 is 0 Å². The Labute approximate surface area is 90.8 Å². The molecule has 2 heteroatoms. The summed E-state index contributed by atoms with van der Waals surface area (Å²) in [5.74, 6) is 0. The molecule has 2 rings (SSSR count). The lowest BCUT2D eigenvalue weighted by atomic mass is 10.1. The zero-order valence-electron chi connectivity index (χ0n) is 7.44. The van der Waals surface area contributed by atoms with Crippen LogP contribution in [0.1, 0.15) is 5.56 Å². The van der Waals surface area contributed by atoms with Gasteiger partial charge in [-0.3, -0.25) is 0 Å². The van der Waals surface area contributed by atoms with Crippen molar-refractivity contribution in [2.75, 3.05) is 0 Å². The Bertz CT molecular complexity index is 489. The minimum atomic E-state index is 0.978. The Morgan fingerprint density at radius 3 is 2.64 bits per heavy atom. The van der Waals surface area contributed by atoms with Crippen molar-refractivity contribution in [2.24, 2.45) is 0 Å². The standard InChI is InChI=1S/C12H9BrO/c13-12-10(7-8-14)6-5-9-3-1-2-4-11(9)12/h1-8,14H. The van der Waals surface area contributed by atoms with Crippen LogP contribution in [0.4, 0.5) is 0 Å². The molecule has 70 valence electrons. The van der Waals surface area contributed by atoms with Crippen LogP contribution in [0, 0.1) is 0 Å². The molecule has 0 unspecified atom stereocenters. The Morgan fingerprint density at radius 2 is 1.86 bits per heavy atom. The first-order valence-electron chi connectivity index (χ1n) is 4.31. The van der Waals surface area contributed by atoms with Gasteiger partial charge in [0, 0.05) is 4.47 Å². The number of aliphatic hydroxyl groups is 1. The van der Waals surface area contributed by atoms with Gasteiger partial charge in [0.05, 0.1) is 6.26 Å². The summed E-state index contributed by atoms with van der Waals surface area (Å²) in [6.45, 7) is 0. The Balaban J connectivity index is 2.75. The highest BCUT2D eigenvalue weighted by Gasteiger charge is 2.01. The molecule has 2 aromatic rings. The first kappa shape index (κ1) is 9.28. The van der Waals surface area contributed by atoms with Gasteiger partial charge in [-0.15, -0.1) is 0 Å². The van der Waals surface area contributed by atoms with Gasteiger partial charge in [0.25, 0.3) is 0 Å². The molecule has 0 aromatic heterocycles. The maximum Gasteiger partial charge on any atom is 0.0798 e. The number of halogens is 1. The predicted molar refractivity (Wildman–Crippen MR) is 63.3 cm³/mol. The van der Waals surface area contributed by atoms with E-state index in [4.69, 9.17) is 5.11 Å². The van der Waals surface area contributed by atoms with Crippen molar-refractivity contribution in [1.29, 1.82) is 0 Å². The molecule has 0 aliphatic heterocycles. The number of hydrogen-bond acceptors (Lipinski definition) is 1. The summed E-state index contributed by atoms with van der Waals surface area (Å²) in [6, 6.07) is 12.1. The summed E-state index contributed by atoms with van der Waals surface area (Å²) in [4.78, 5) is 0. The molecule has 0 amide bonds. The zero-order valence-corrected chi connectivity index (χ0v) is 9.03. The number of rotatable bonds is 1. The average molecular weight is 249 g/mol. The number of benzene rings is 2. The van der Waals surface area contributed by atoms with E-state index >= 15 is 0 Å². The summed E-state index contributed by atoms with van der Waals surface area (Å²) in [5, 5.41) is 11.1. The Kier molecular flexibility index (Phi) is 2.55. The maximum atomic E-state index is 8.71. The third kappa shape index (κ3) is 1.53. The van der Waals surface area contributed by atoms with Gasteiger partial charge in [0.15, 0.2) is 0 Å². The van der Waals surface area contributed by atoms with E-state index in [1.807, 2.05) is 30.3 Å². The summed E-state index contributed by atoms with van der Waals surface area (Å²) >= 11 is 3.52. The highest BCUT2D eigenvalue weighted by Crippen LogP contribution is 2.28. The fourth-order valence-corrected chi connectivity index (χ4v) is 2.08. The number of hydrogen-bond donors (Lipinski definition) is 1. The van der Waals surface area contributed by atoms with Crippen molar-refractivity contribution in [2.45, 2.75) is 0 Å². The van der Waals surface area contributed by atoms with Crippen LogP contribution >= 0.6 is 15.9 Å². The van der Waals surface area contributed by atoms with Crippen molar-refractivity contribution < 1.29 is 5.11 Å². The van der Waals surface area contributed by atoms with Crippen LogP contribution in [0.5, 0.6) is 0 Å². The summed E-state index contributed by atoms with van der Waals surface area (Å²) in [6.07, 6.45) is 2.71. The molecule has 1 N–H and O–H groups in total. The molecule has 14 heavy (non-hydrogen) atoms. The molecule has 0 atom stereocenters. The second-order valence-electron chi connectivity index (χ2n) is 3.01. The molecule has 0 aliphatic rings. The van der Waals surface area contributed by atoms with Gasteiger partial charge < -0.3 is 5.11 Å². The third-order valence-corrected chi connectivity index (χ3v) is 3.03. The van der Waals surface area contributed by atoms with E-state index in [-0.39, 0.29) is 0 Å². The number of aliphatic hydroxyl groups excluding tert-OH is 1. The van der Waals surface area contributed by atoms with Crippen LogP contribution in [-0.4, -0.2) is 5.11 Å². The molecule has 0 saturated heterocycles. The molecule has 2 aromatic carbocycles. The fourth-order valence-electron chi connectivity index (χ4n) is 1.46.